The number of benzene rings is 2. The molecule has 10 nitrogen and oxygen atoms in total. The third-order valence-corrected chi connectivity index (χ3v) is 6.79. The van der Waals surface area contributed by atoms with E-state index in [1.165, 1.54) is 16.7 Å². The zero-order valence-corrected chi connectivity index (χ0v) is 25.3. The molecule has 1 aliphatic heterocycles. The summed E-state index contributed by atoms with van der Waals surface area (Å²) >= 11 is 0. The number of likely N-dealkylation sites (N-methyl/N-ethyl adjacent to an activating group) is 2. The number of hydrogen-bond donors (Lipinski definition) is 2. The molecule has 2 heterocycles. The fraction of sp³-hybridized carbons (Fsp3) is 0.429. The molecule has 218 valence electrons. The summed E-state index contributed by atoms with van der Waals surface area (Å²) < 4.78 is 5.09. The van der Waals surface area contributed by atoms with Gasteiger partial charge in [0.05, 0.1) is 6.54 Å². The molecule has 12 heteroatoms. The molecule has 0 unspecified atom stereocenters. The minimum Gasteiger partial charge on any atom is -0.376 e. The van der Waals surface area contributed by atoms with Gasteiger partial charge in [0.15, 0.2) is 0 Å². The summed E-state index contributed by atoms with van der Waals surface area (Å²) in [6.07, 6.45) is 0. The van der Waals surface area contributed by atoms with E-state index < -0.39 is 0 Å². The Kier molecular flexibility index (Phi) is 12.4. The highest BCUT2D eigenvalue weighted by atomic mass is 35.5. The first-order chi connectivity index (χ1) is 18.2. The molecule has 40 heavy (non-hydrogen) atoms. The molecule has 0 aliphatic carbocycles. The first kappa shape index (κ1) is 33.0. The maximum absolute atomic E-state index is 13.3. The van der Waals surface area contributed by atoms with Gasteiger partial charge in [-0.25, -0.2) is 5.01 Å². The van der Waals surface area contributed by atoms with Gasteiger partial charge in [-0.15, -0.1) is 24.8 Å². The van der Waals surface area contributed by atoms with Crippen LogP contribution in [0.2, 0.25) is 0 Å². The molecule has 0 bridgehead atoms. The molecular weight excluding hydrogens is 553 g/mol. The first-order valence-electron chi connectivity index (χ1n) is 13.0. The van der Waals surface area contributed by atoms with Crippen molar-refractivity contribution in [2.75, 3.05) is 45.1 Å². The first-order valence-corrected chi connectivity index (χ1v) is 13.0. The van der Waals surface area contributed by atoms with Crippen molar-refractivity contribution >= 4 is 42.3 Å². The number of hydrazine groups is 1. The van der Waals surface area contributed by atoms with Gasteiger partial charge in [0.1, 0.15) is 6.54 Å². The molecule has 4 rings (SSSR count). The van der Waals surface area contributed by atoms with E-state index in [4.69, 9.17) is 4.52 Å². The molecule has 0 saturated carbocycles. The summed E-state index contributed by atoms with van der Waals surface area (Å²) in [6.45, 7) is 11.1. The second-order valence-corrected chi connectivity index (χ2v) is 9.70. The molecule has 0 radical (unpaired) electrons. The molecule has 1 aliphatic rings. The highest BCUT2D eigenvalue weighted by Crippen LogP contribution is 2.25. The molecule has 0 saturated heterocycles. The highest BCUT2D eigenvalue weighted by molar-refractivity contribution is 5.87. The second-order valence-electron chi connectivity index (χ2n) is 9.70. The lowest BCUT2D eigenvalue weighted by atomic mass is 10.1. The Labute approximate surface area is 248 Å². The van der Waals surface area contributed by atoms with E-state index in [2.05, 4.69) is 45.9 Å². The van der Waals surface area contributed by atoms with Crippen LogP contribution in [0.15, 0.2) is 40.9 Å². The number of aryl methyl sites for hydroxylation is 3. The Morgan fingerprint density at radius 2 is 1.77 bits per heavy atom. The number of fused-ring (bicyclic) bond motifs is 1. The van der Waals surface area contributed by atoms with Crippen molar-refractivity contribution in [2.24, 2.45) is 0 Å². The number of aromatic nitrogens is 2. The van der Waals surface area contributed by atoms with Crippen LogP contribution < -0.4 is 10.6 Å². The molecule has 1 aromatic heterocycles. The van der Waals surface area contributed by atoms with Crippen LogP contribution in [0.1, 0.15) is 35.1 Å². The van der Waals surface area contributed by atoms with Gasteiger partial charge in [-0.05, 0) is 43.1 Å². The predicted molar refractivity (Wildman–Crippen MR) is 161 cm³/mol. The normalized spacial score (nSPS) is 12.2. The van der Waals surface area contributed by atoms with Crippen molar-refractivity contribution in [3.8, 4) is 11.4 Å². The third kappa shape index (κ3) is 8.17. The summed E-state index contributed by atoms with van der Waals surface area (Å²) in [5, 5.41) is 14.1. The number of amides is 2. The lowest BCUT2D eigenvalue weighted by Crippen LogP contribution is -2.49. The summed E-state index contributed by atoms with van der Waals surface area (Å²) in [5.41, 5.74) is 6.26. The quantitative estimate of drug-likeness (QED) is 0.325. The fourth-order valence-corrected chi connectivity index (χ4v) is 4.47. The van der Waals surface area contributed by atoms with Crippen molar-refractivity contribution in [1.82, 2.24) is 30.4 Å². The van der Waals surface area contributed by atoms with Crippen LogP contribution in [0.25, 0.3) is 11.4 Å². The van der Waals surface area contributed by atoms with E-state index >= 15 is 0 Å². The van der Waals surface area contributed by atoms with Gasteiger partial charge < -0.3 is 20.1 Å². The van der Waals surface area contributed by atoms with Gasteiger partial charge in [0.25, 0.3) is 5.91 Å². The fourth-order valence-electron chi connectivity index (χ4n) is 4.47. The summed E-state index contributed by atoms with van der Waals surface area (Å²) in [7, 11) is 1.78. The van der Waals surface area contributed by atoms with Crippen molar-refractivity contribution in [3.63, 3.8) is 0 Å². The minimum atomic E-state index is -0.148. The van der Waals surface area contributed by atoms with Crippen molar-refractivity contribution in [2.45, 2.75) is 40.8 Å². The van der Waals surface area contributed by atoms with E-state index in [1.54, 1.807) is 23.9 Å². The standard InChI is InChI=1S/C28H37N7O3.2ClH/c1-6-29-11-12-34(18-27(37)33(5)35-16-23-9-7-19(2)13-24(23)17-35)26(36)15-30-25-14-22(10-8-20(25)3)28-31-21(4)38-32-28;;/h7-10,13-14,29-30H,6,11-12,15-18H2,1-5H3;2*1H. The number of halogens is 2. The Morgan fingerprint density at radius 1 is 1.02 bits per heavy atom. The smallest absolute Gasteiger partial charge is 0.256 e. The highest BCUT2D eigenvalue weighted by Gasteiger charge is 2.27. The Morgan fingerprint density at radius 3 is 2.48 bits per heavy atom. The van der Waals surface area contributed by atoms with Gasteiger partial charge in [0, 0.05) is 51.4 Å². The summed E-state index contributed by atoms with van der Waals surface area (Å²) in [5.74, 6) is 0.719. The minimum absolute atomic E-state index is 0. The number of carbonyl (C=O) groups is 2. The van der Waals surface area contributed by atoms with Crippen molar-refractivity contribution < 1.29 is 14.1 Å². The Bertz CT molecular complexity index is 1300. The molecule has 3 aromatic rings. The number of hydrogen-bond acceptors (Lipinski definition) is 8. The van der Waals surface area contributed by atoms with Crippen LogP contribution in [0.3, 0.4) is 0 Å². The van der Waals surface area contributed by atoms with E-state index in [9.17, 15) is 9.59 Å². The van der Waals surface area contributed by atoms with Crippen LogP contribution in [0, 0.1) is 20.8 Å². The van der Waals surface area contributed by atoms with Crippen LogP contribution in [-0.4, -0.2) is 76.6 Å². The monoisotopic (exact) mass is 591 g/mol. The van der Waals surface area contributed by atoms with Crippen LogP contribution >= 0.6 is 24.8 Å². The van der Waals surface area contributed by atoms with Crippen LogP contribution in [0.4, 0.5) is 5.69 Å². The molecule has 0 atom stereocenters. The Hall–Kier alpha value is -3.18. The van der Waals surface area contributed by atoms with Gasteiger partial charge in [-0.2, -0.15) is 4.98 Å². The zero-order valence-electron chi connectivity index (χ0n) is 23.7. The van der Waals surface area contributed by atoms with Gasteiger partial charge in [-0.1, -0.05) is 48.0 Å². The molecule has 0 spiro atoms. The summed E-state index contributed by atoms with van der Waals surface area (Å²) in [4.78, 5) is 32.4. The lowest BCUT2D eigenvalue weighted by molar-refractivity contribution is -0.151. The number of nitrogens with one attached hydrogen (secondary N) is 2. The predicted octanol–water partition coefficient (Wildman–Crippen LogP) is 3.74. The number of rotatable bonds is 11. The number of anilines is 1. The lowest BCUT2D eigenvalue weighted by Gasteiger charge is -2.31. The number of carbonyl (C=O) groups excluding carboxylic acids is 2. The molecule has 2 N–H and O–H groups in total. The van der Waals surface area contributed by atoms with Crippen LogP contribution in [-0.2, 0) is 22.7 Å². The van der Waals surface area contributed by atoms with E-state index in [-0.39, 0.29) is 49.7 Å². The maximum atomic E-state index is 13.3. The SMILES string of the molecule is CCNCCN(CC(=O)N(C)N1Cc2ccc(C)cc2C1)C(=O)CNc1cc(-c2noc(C)n2)ccc1C.Cl.Cl. The third-order valence-electron chi connectivity index (χ3n) is 6.79. The topological polar surface area (TPSA) is 107 Å². The van der Waals surface area contributed by atoms with E-state index in [0.29, 0.717) is 37.9 Å². The van der Waals surface area contributed by atoms with E-state index in [0.717, 1.165) is 23.4 Å². The molecule has 2 aromatic carbocycles. The summed E-state index contributed by atoms with van der Waals surface area (Å²) in [6, 6.07) is 12.2. The zero-order chi connectivity index (χ0) is 27.2. The average Bonchev–Trinajstić information content (AvgIpc) is 3.52. The van der Waals surface area contributed by atoms with Gasteiger partial charge >= 0.3 is 0 Å². The van der Waals surface area contributed by atoms with Gasteiger partial charge in [0.2, 0.25) is 17.6 Å². The van der Waals surface area contributed by atoms with Crippen molar-refractivity contribution in [3.05, 3.63) is 64.5 Å². The average molecular weight is 593 g/mol. The molecular formula is C28H39Cl2N7O3. The molecule has 0 fully saturated rings. The maximum Gasteiger partial charge on any atom is 0.256 e. The molecule has 2 amide bonds. The Balaban J connectivity index is 0.00000280. The van der Waals surface area contributed by atoms with Crippen molar-refractivity contribution in [1.29, 1.82) is 0 Å². The second kappa shape index (κ2) is 15.0. The number of nitrogens with zero attached hydrogens (tertiary/aromatic N) is 5. The van der Waals surface area contributed by atoms with E-state index in [1.807, 2.05) is 37.1 Å². The largest absolute Gasteiger partial charge is 0.376 e. The van der Waals surface area contributed by atoms with Gasteiger partial charge in [-0.3, -0.25) is 14.6 Å². The van der Waals surface area contributed by atoms with Crippen LogP contribution in [0.5, 0.6) is 0 Å².